The first-order valence-corrected chi connectivity index (χ1v) is 8.57. The lowest BCUT2D eigenvalue weighted by molar-refractivity contribution is -0.134. The fourth-order valence-corrected chi connectivity index (χ4v) is 2.21. The highest BCUT2D eigenvalue weighted by Gasteiger charge is 2.16. The summed E-state index contributed by atoms with van der Waals surface area (Å²) in [5, 5.41) is 8.29. The van der Waals surface area contributed by atoms with E-state index in [2.05, 4.69) is 15.0 Å². The molecule has 0 spiro atoms. The summed E-state index contributed by atoms with van der Waals surface area (Å²) in [5.41, 5.74) is 1.53. The van der Waals surface area contributed by atoms with Crippen LogP contribution in [0.3, 0.4) is 0 Å². The zero-order valence-corrected chi connectivity index (χ0v) is 15.7. The zero-order valence-electron chi connectivity index (χ0n) is 14.9. The molecule has 7 nitrogen and oxygen atoms in total. The van der Waals surface area contributed by atoms with Crippen LogP contribution >= 0.6 is 11.8 Å². The first-order valence-electron chi connectivity index (χ1n) is 7.34. The second kappa shape index (κ2) is 11.1. The highest BCUT2D eigenvalue weighted by Crippen LogP contribution is 2.27. The summed E-state index contributed by atoms with van der Waals surface area (Å²) in [6.45, 7) is 1.84. The predicted octanol–water partition coefficient (Wildman–Crippen LogP) is 3.23. The maximum Gasteiger partial charge on any atom is 0.334 e. The van der Waals surface area contributed by atoms with Crippen molar-refractivity contribution in [3.63, 3.8) is 0 Å². The van der Waals surface area contributed by atoms with E-state index in [0.717, 1.165) is 5.56 Å². The Morgan fingerprint density at radius 2 is 1.92 bits per heavy atom. The van der Waals surface area contributed by atoms with Crippen LogP contribution in [0.1, 0.15) is 24.2 Å². The molecule has 0 bridgehead atoms. The maximum atomic E-state index is 11.5. The SMILES string of the molecule is CON=C(C=NOC(C)c1ccccc1C(=CC(=O)OC)OC)SC. The van der Waals surface area contributed by atoms with Gasteiger partial charge in [0.15, 0.2) is 11.1 Å². The molecule has 1 rings (SSSR count). The van der Waals surface area contributed by atoms with Crippen LogP contribution in [0, 0.1) is 0 Å². The predicted molar refractivity (Wildman–Crippen MR) is 99.4 cm³/mol. The van der Waals surface area contributed by atoms with Gasteiger partial charge in [-0.25, -0.2) is 4.79 Å². The molecule has 1 aromatic carbocycles. The minimum Gasteiger partial charge on any atom is -0.496 e. The van der Waals surface area contributed by atoms with E-state index in [4.69, 9.17) is 14.4 Å². The first kappa shape index (κ1) is 20.6. The van der Waals surface area contributed by atoms with Gasteiger partial charge in [-0.3, -0.25) is 0 Å². The van der Waals surface area contributed by atoms with Gasteiger partial charge < -0.3 is 19.1 Å². The molecular formula is C17H22N2O5S. The van der Waals surface area contributed by atoms with Crippen molar-refractivity contribution in [3.05, 3.63) is 41.5 Å². The number of carbonyl (C=O) groups is 1. The number of thioether (sulfide) groups is 1. The lowest BCUT2D eigenvalue weighted by Gasteiger charge is -2.16. The summed E-state index contributed by atoms with van der Waals surface area (Å²) in [5.74, 6) is -0.119. The van der Waals surface area contributed by atoms with Gasteiger partial charge in [-0.2, -0.15) is 0 Å². The van der Waals surface area contributed by atoms with Crippen molar-refractivity contribution in [2.24, 2.45) is 10.3 Å². The van der Waals surface area contributed by atoms with Gasteiger partial charge in [0, 0.05) is 11.1 Å². The van der Waals surface area contributed by atoms with Gasteiger partial charge in [0.2, 0.25) is 0 Å². The fourth-order valence-electron chi connectivity index (χ4n) is 1.92. The molecule has 1 unspecified atom stereocenters. The molecule has 0 saturated carbocycles. The van der Waals surface area contributed by atoms with Gasteiger partial charge in [0.25, 0.3) is 0 Å². The number of esters is 1. The Bertz CT molecular complexity index is 658. The van der Waals surface area contributed by atoms with Crippen LogP contribution in [0.15, 0.2) is 40.7 Å². The lowest BCUT2D eigenvalue weighted by Crippen LogP contribution is -2.05. The molecule has 0 heterocycles. The highest BCUT2D eigenvalue weighted by atomic mass is 32.2. The number of carbonyl (C=O) groups excluding carboxylic acids is 1. The van der Waals surface area contributed by atoms with Crippen LogP contribution in [0.4, 0.5) is 0 Å². The van der Waals surface area contributed by atoms with Crippen LogP contribution in [0.25, 0.3) is 5.76 Å². The molecule has 136 valence electrons. The third-order valence-electron chi connectivity index (χ3n) is 3.11. The van der Waals surface area contributed by atoms with Crippen molar-refractivity contribution in [1.29, 1.82) is 0 Å². The third-order valence-corrected chi connectivity index (χ3v) is 3.70. The molecule has 0 N–H and O–H groups in total. The molecule has 0 amide bonds. The van der Waals surface area contributed by atoms with Crippen molar-refractivity contribution in [1.82, 2.24) is 0 Å². The van der Waals surface area contributed by atoms with Gasteiger partial charge >= 0.3 is 5.97 Å². The highest BCUT2D eigenvalue weighted by molar-refractivity contribution is 8.14. The Hall–Kier alpha value is -2.48. The van der Waals surface area contributed by atoms with Crippen molar-refractivity contribution >= 4 is 34.7 Å². The van der Waals surface area contributed by atoms with E-state index in [1.165, 1.54) is 45.4 Å². The Morgan fingerprint density at radius 1 is 1.20 bits per heavy atom. The van der Waals surface area contributed by atoms with Crippen molar-refractivity contribution in [3.8, 4) is 0 Å². The van der Waals surface area contributed by atoms with Gasteiger partial charge in [-0.1, -0.05) is 34.6 Å². The van der Waals surface area contributed by atoms with Crippen molar-refractivity contribution in [2.75, 3.05) is 27.6 Å². The minimum atomic E-state index is -0.501. The molecule has 0 radical (unpaired) electrons. The summed E-state index contributed by atoms with van der Waals surface area (Å²) in [6.07, 6.45) is 4.22. The van der Waals surface area contributed by atoms with E-state index in [9.17, 15) is 4.79 Å². The second-order valence-electron chi connectivity index (χ2n) is 4.62. The minimum absolute atomic E-state index is 0.380. The van der Waals surface area contributed by atoms with Crippen LogP contribution in [-0.4, -0.2) is 44.8 Å². The number of oxime groups is 2. The molecule has 1 atom stereocenters. The smallest absolute Gasteiger partial charge is 0.334 e. The van der Waals surface area contributed by atoms with Gasteiger partial charge in [0.05, 0.1) is 20.3 Å². The molecule has 1 aromatic rings. The Morgan fingerprint density at radius 3 is 2.52 bits per heavy atom. The van der Waals surface area contributed by atoms with Crippen LogP contribution < -0.4 is 0 Å². The Kier molecular flexibility index (Phi) is 9.16. The number of benzene rings is 1. The fraction of sp³-hybridized carbons (Fsp3) is 0.353. The zero-order chi connectivity index (χ0) is 18.7. The number of nitrogens with zero attached hydrogens (tertiary/aromatic N) is 2. The van der Waals surface area contributed by atoms with Crippen molar-refractivity contribution in [2.45, 2.75) is 13.0 Å². The summed E-state index contributed by atoms with van der Waals surface area (Å²) in [4.78, 5) is 21.7. The monoisotopic (exact) mass is 366 g/mol. The van der Waals surface area contributed by atoms with Gasteiger partial charge in [-0.15, -0.1) is 11.8 Å². The van der Waals surface area contributed by atoms with E-state index in [0.29, 0.717) is 16.4 Å². The standard InChI is InChI=1S/C17H22N2O5S/c1-12(24-18-11-16(25-5)19-23-4)13-8-6-7-9-14(13)15(21-2)10-17(20)22-3/h6-12H,1-5H3. The first-order chi connectivity index (χ1) is 12.1. The molecule has 0 aromatic heterocycles. The molecule has 8 heteroatoms. The summed E-state index contributed by atoms with van der Waals surface area (Å²) in [6, 6.07) is 7.42. The Balaban J connectivity index is 3.02. The maximum absolute atomic E-state index is 11.5. The topological polar surface area (TPSA) is 78.7 Å². The summed E-state index contributed by atoms with van der Waals surface area (Å²) in [7, 11) is 4.26. The molecule has 0 aliphatic heterocycles. The lowest BCUT2D eigenvalue weighted by atomic mass is 10.0. The van der Waals surface area contributed by atoms with Crippen LogP contribution in [0.2, 0.25) is 0 Å². The van der Waals surface area contributed by atoms with Crippen LogP contribution in [0.5, 0.6) is 0 Å². The van der Waals surface area contributed by atoms with E-state index in [1.54, 1.807) is 0 Å². The van der Waals surface area contributed by atoms with Crippen LogP contribution in [-0.2, 0) is 23.9 Å². The largest absolute Gasteiger partial charge is 0.496 e. The molecular weight excluding hydrogens is 344 g/mol. The number of hydrogen-bond donors (Lipinski definition) is 0. The average Bonchev–Trinajstić information content (AvgIpc) is 2.64. The number of ether oxygens (including phenoxy) is 2. The Labute approximate surface area is 151 Å². The second-order valence-corrected chi connectivity index (χ2v) is 5.45. The molecule has 0 fully saturated rings. The number of rotatable bonds is 8. The van der Waals surface area contributed by atoms with Gasteiger partial charge in [0.1, 0.15) is 19.1 Å². The van der Waals surface area contributed by atoms with E-state index in [1.807, 2.05) is 37.4 Å². The molecule has 0 aliphatic rings. The van der Waals surface area contributed by atoms with E-state index in [-0.39, 0.29) is 6.10 Å². The van der Waals surface area contributed by atoms with E-state index >= 15 is 0 Å². The normalized spacial score (nSPS) is 13.5. The van der Waals surface area contributed by atoms with E-state index < -0.39 is 5.97 Å². The average molecular weight is 366 g/mol. The summed E-state index contributed by atoms with van der Waals surface area (Å²) < 4.78 is 9.97. The number of methoxy groups -OCH3 is 2. The van der Waals surface area contributed by atoms with Crippen molar-refractivity contribution < 1.29 is 23.9 Å². The quantitative estimate of drug-likeness (QED) is 0.175. The number of hydrogen-bond acceptors (Lipinski definition) is 8. The molecule has 25 heavy (non-hydrogen) atoms. The third kappa shape index (κ3) is 6.50. The molecule has 0 aliphatic carbocycles. The summed E-state index contributed by atoms with van der Waals surface area (Å²) >= 11 is 1.38. The molecule has 0 saturated heterocycles. The van der Waals surface area contributed by atoms with Gasteiger partial charge in [-0.05, 0) is 13.2 Å².